The predicted molar refractivity (Wildman–Crippen MR) is 54.4 cm³/mol. The fourth-order valence-corrected chi connectivity index (χ4v) is 1.18. The number of carbonyl (C=O) groups excluding carboxylic acids is 1. The van der Waals surface area contributed by atoms with Crippen molar-refractivity contribution in [2.75, 3.05) is 5.32 Å². The molecule has 0 aromatic heterocycles. The Balaban J connectivity index is 3.45. The molecule has 108 valence electrons. The van der Waals surface area contributed by atoms with Crippen molar-refractivity contribution < 1.29 is 32.2 Å². The Morgan fingerprint density at radius 2 is 1.50 bits per heavy atom. The van der Waals surface area contributed by atoms with E-state index in [-0.39, 0.29) is 12.1 Å². The molecule has 0 unspecified atom stereocenters. The Bertz CT molecular complexity index is 565. The standard InChI is InChI=1S/C8H3F4N3O5/c9-3-1-4(14(17)18)6(5(2-3)15(19)20)13-7(16)8(10,11)12/h1-2H,(H,13,16). The number of benzene rings is 1. The molecule has 0 aliphatic heterocycles. The van der Waals surface area contributed by atoms with Crippen molar-refractivity contribution in [1.29, 1.82) is 0 Å². The third kappa shape index (κ3) is 3.15. The molecule has 1 aromatic rings. The van der Waals surface area contributed by atoms with Crippen LogP contribution in [0.2, 0.25) is 0 Å². The van der Waals surface area contributed by atoms with E-state index < -0.39 is 44.8 Å². The van der Waals surface area contributed by atoms with Gasteiger partial charge in [-0.25, -0.2) is 4.39 Å². The predicted octanol–water partition coefficient (Wildman–Crippen LogP) is 2.14. The van der Waals surface area contributed by atoms with Crippen LogP contribution in [0.15, 0.2) is 12.1 Å². The molecule has 0 saturated carbocycles. The molecule has 0 radical (unpaired) electrons. The van der Waals surface area contributed by atoms with Gasteiger partial charge in [0.15, 0.2) is 5.69 Å². The van der Waals surface area contributed by atoms with E-state index in [1.807, 2.05) is 0 Å². The zero-order chi connectivity index (χ0) is 15.7. The first kappa shape index (κ1) is 15.3. The molecule has 0 spiro atoms. The summed E-state index contributed by atoms with van der Waals surface area (Å²) >= 11 is 0. The number of carbonyl (C=O) groups is 1. The Morgan fingerprint density at radius 3 is 1.80 bits per heavy atom. The summed E-state index contributed by atoms with van der Waals surface area (Å²) < 4.78 is 49.1. The van der Waals surface area contributed by atoms with E-state index >= 15 is 0 Å². The van der Waals surface area contributed by atoms with Crippen molar-refractivity contribution in [3.8, 4) is 0 Å². The van der Waals surface area contributed by atoms with E-state index in [4.69, 9.17) is 0 Å². The van der Waals surface area contributed by atoms with Crippen LogP contribution in [-0.2, 0) is 4.79 Å². The number of nitro groups is 2. The van der Waals surface area contributed by atoms with Gasteiger partial charge >= 0.3 is 23.5 Å². The molecular weight excluding hydrogens is 294 g/mol. The average molecular weight is 297 g/mol. The summed E-state index contributed by atoms with van der Waals surface area (Å²) in [4.78, 5) is 29.1. The van der Waals surface area contributed by atoms with Gasteiger partial charge in [-0.05, 0) is 0 Å². The summed E-state index contributed by atoms with van der Waals surface area (Å²) in [5, 5.41) is 22.1. The zero-order valence-corrected chi connectivity index (χ0v) is 9.10. The van der Waals surface area contributed by atoms with Gasteiger partial charge in [-0.2, -0.15) is 13.2 Å². The molecule has 0 saturated heterocycles. The van der Waals surface area contributed by atoms with Crippen LogP contribution in [-0.4, -0.2) is 21.9 Å². The van der Waals surface area contributed by atoms with E-state index in [0.717, 1.165) is 5.32 Å². The Kier molecular flexibility index (Phi) is 3.87. The van der Waals surface area contributed by atoms with Crippen LogP contribution in [0, 0.1) is 26.0 Å². The highest BCUT2D eigenvalue weighted by Gasteiger charge is 2.41. The maximum Gasteiger partial charge on any atom is 0.471 e. The fraction of sp³-hybridized carbons (Fsp3) is 0.125. The van der Waals surface area contributed by atoms with Crippen molar-refractivity contribution in [2.24, 2.45) is 0 Å². The van der Waals surface area contributed by atoms with Crippen molar-refractivity contribution in [3.05, 3.63) is 38.2 Å². The lowest BCUT2D eigenvalue weighted by atomic mass is 10.2. The number of anilines is 1. The van der Waals surface area contributed by atoms with Gasteiger partial charge in [0, 0.05) is 0 Å². The number of nitrogens with one attached hydrogen (secondary N) is 1. The van der Waals surface area contributed by atoms with Gasteiger partial charge in [-0.3, -0.25) is 25.0 Å². The normalized spacial score (nSPS) is 11.0. The van der Waals surface area contributed by atoms with E-state index in [0.29, 0.717) is 0 Å². The third-order valence-corrected chi connectivity index (χ3v) is 1.95. The fourth-order valence-electron chi connectivity index (χ4n) is 1.18. The summed E-state index contributed by atoms with van der Waals surface area (Å²) in [6.07, 6.45) is -5.42. The Hall–Kier alpha value is -2.79. The molecule has 12 heteroatoms. The van der Waals surface area contributed by atoms with Crippen molar-refractivity contribution >= 4 is 23.0 Å². The van der Waals surface area contributed by atoms with Gasteiger partial charge in [-0.1, -0.05) is 0 Å². The minimum absolute atomic E-state index is 0.152. The number of halogens is 4. The Labute approximate surface area is 106 Å². The van der Waals surface area contributed by atoms with E-state index in [1.54, 1.807) is 0 Å². The number of hydrogen-bond donors (Lipinski definition) is 1. The summed E-state index contributed by atoms with van der Waals surface area (Å²) in [5.74, 6) is -4.07. The van der Waals surface area contributed by atoms with Crippen LogP contribution in [0.25, 0.3) is 0 Å². The molecule has 0 heterocycles. The lowest BCUT2D eigenvalue weighted by Gasteiger charge is -2.08. The van der Waals surface area contributed by atoms with Crippen molar-refractivity contribution in [2.45, 2.75) is 6.18 Å². The molecule has 0 fully saturated rings. The van der Waals surface area contributed by atoms with Crippen LogP contribution in [0.4, 0.5) is 34.6 Å². The van der Waals surface area contributed by atoms with Gasteiger partial charge in [-0.15, -0.1) is 0 Å². The van der Waals surface area contributed by atoms with Crippen LogP contribution < -0.4 is 5.32 Å². The van der Waals surface area contributed by atoms with Crippen LogP contribution in [0.5, 0.6) is 0 Å². The second-order valence-corrected chi connectivity index (χ2v) is 3.29. The van der Waals surface area contributed by atoms with Crippen molar-refractivity contribution in [1.82, 2.24) is 0 Å². The van der Waals surface area contributed by atoms with Gasteiger partial charge in [0.2, 0.25) is 0 Å². The molecule has 1 aromatic carbocycles. The molecule has 1 rings (SSSR count). The molecule has 20 heavy (non-hydrogen) atoms. The summed E-state index contributed by atoms with van der Waals surface area (Å²) in [6, 6.07) is 0.304. The highest BCUT2D eigenvalue weighted by atomic mass is 19.4. The van der Waals surface area contributed by atoms with E-state index in [2.05, 4.69) is 0 Å². The highest BCUT2D eigenvalue weighted by molar-refractivity contribution is 5.99. The van der Waals surface area contributed by atoms with E-state index in [1.165, 1.54) is 0 Å². The second kappa shape index (κ2) is 5.07. The quantitative estimate of drug-likeness (QED) is 0.521. The number of nitrogens with zero attached hydrogens (tertiary/aromatic N) is 2. The molecule has 0 aliphatic carbocycles. The first-order valence-corrected chi connectivity index (χ1v) is 4.54. The third-order valence-electron chi connectivity index (χ3n) is 1.95. The largest absolute Gasteiger partial charge is 0.471 e. The minimum atomic E-state index is -5.42. The molecular formula is C8H3F4N3O5. The first-order chi connectivity index (χ1) is 9.04. The average Bonchev–Trinajstić information content (AvgIpc) is 2.28. The van der Waals surface area contributed by atoms with Crippen molar-refractivity contribution in [3.63, 3.8) is 0 Å². The topological polar surface area (TPSA) is 115 Å². The lowest BCUT2D eigenvalue weighted by molar-refractivity contribution is -0.392. The van der Waals surface area contributed by atoms with Crippen LogP contribution in [0.1, 0.15) is 0 Å². The smallest absolute Gasteiger partial charge is 0.307 e. The summed E-state index contributed by atoms with van der Waals surface area (Å²) in [5.41, 5.74) is -4.08. The Morgan fingerprint density at radius 1 is 1.10 bits per heavy atom. The summed E-state index contributed by atoms with van der Waals surface area (Å²) in [7, 11) is 0. The number of hydrogen-bond acceptors (Lipinski definition) is 5. The molecule has 0 aliphatic rings. The monoisotopic (exact) mass is 297 g/mol. The zero-order valence-electron chi connectivity index (χ0n) is 9.10. The second-order valence-electron chi connectivity index (χ2n) is 3.29. The lowest BCUT2D eigenvalue weighted by Crippen LogP contribution is -2.30. The minimum Gasteiger partial charge on any atom is -0.307 e. The summed E-state index contributed by atoms with van der Waals surface area (Å²) in [6.45, 7) is 0. The molecule has 1 amide bonds. The molecule has 1 N–H and O–H groups in total. The van der Waals surface area contributed by atoms with Crippen LogP contribution in [0.3, 0.4) is 0 Å². The van der Waals surface area contributed by atoms with E-state index in [9.17, 15) is 42.6 Å². The first-order valence-electron chi connectivity index (χ1n) is 4.54. The van der Waals surface area contributed by atoms with Gasteiger partial charge in [0.1, 0.15) is 5.82 Å². The molecule has 8 nitrogen and oxygen atoms in total. The number of alkyl halides is 3. The van der Waals surface area contributed by atoms with Gasteiger partial charge in [0.05, 0.1) is 22.0 Å². The molecule has 0 bridgehead atoms. The highest BCUT2D eigenvalue weighted by Crippen LogP contribution is 2.36. The number of rotatable bonds is 3. The SMILES string of the molecule is O=C(Nc1c([N+](=O)[O-])cc(F)cc1[N+](=O)[O-])C(F)(F)F. The maximum atomic E-state index is 13.0. The number of nitro benzene ring substituents is 2. The number of amides is 1. The van der Waals surface area contributed by atoms with Crippen LogP contribution >= 0.6 is 0 Å². The maximum absolute atomic E-state index is 13.0. The van der Waals surface area contributed by atoms with Gasteiger partial charge in [0.25, 0.3) is 0 Å². The molecule has 0 atom stereocenters. The van der Waals surface area contributed by atoms with Gasteiger partial charge < -0.3 is 5.32 Å².